The maximum atomic E-state index is 12.5. The van der Waals surface area contributed by atoms with Crippen LogP contribution in [0.25, 0.3) is 0 Å². The molecule has 0 radical (unpaired) electrons. The van der Waals surface area contributed by atoms with E-state index in [1.165, 1.54) is 24.3 Å². The van der Waals surface area contributed by atoms with Gasteiger partial charge in [-0.3, -0.25) is 14.9 Å². The minimum Gasteiger partial charge on any atom is -0.480 e. The summed E-state index contributed by atoms with van der Waals surface area (Å²) in [5.41, 5.74) is 0.116. The van der Waals surface area contributed by atoms with Gasteiger partial charge in [0.15, 0.2) is 0 Å². The molecule has 0 bridgehead atoms. The second kappa shape index (κ2) is 7.63. The van der Waals surface area contributed by atoms with Gasteiger partial charge in [-0.15, -0.1) is 0 Å². The quantitative estimate of drug-likeness (QED) is 0.538. The zero-order valence-electron chi connectivity index (χ0n) is 14.1. The number of nitrogens with one attached hydrogen (secondary N) is 1. The Morgan fingerprint density at radius 1 is 1.35 bits per heavy atom. The van der Waals surface area contributed by atoms with Crippen LogP contribution < -0.4 is 5.32 Å². The Bertz CT molecular complexity index is 757. The lowest BCUT2D eigenvalue weighted by Crippen LogP contribution is -2.43. The molecular formula is C17H18Cl2N2O5. The van der Waals surface area contributed by atoms with Crippen molar-refractivity contribution in [3.8, 4) is 0 Å². The molecule has 2 N–H and O–H groups in total. The minimum absolute atomic E-state index is 0.0168. The molecule has 3 atom stereocenters. The molecule has 1 fully saturated rings. The van der Waals surface area contributed by atoms with Crippen molar-refractivity contribution in [1.29, 1.82) is 0 Å². The second-order valence-corrected chi connectivity index (χ2v) is 7.82. The van der Waals surface area contributed by atoms with Crippen molar-refractivity contribution in [2.45, 2.75) is 26.3 Å². The predicted octanol–water partition coefficient (Wildman–Crippen LogP) is 3.30. The lowest BCUT2D eigenvalue weighted by atomic mass is 10.0. The highest BCUT2D eigenvalue weighted by Gasteiger charge is 2.60. The molecule has 0 aliphatic heterocycles. The van der Waals surface area contributed by atoms with Gasteiger partial charge < -0.3 is 10.4 Å². The van der Waals surface area contributed by atoms with Gasteiger partial charge in [-0.1, -0.05) is 49.2 Å². The normalized spacial score (nSPS) is 21.4. The molecule has 140 valence electrons. The number of carbonyl (C=O) groups excluding carboxylic acids is 1. The Kier molecular flexibility index (Phi) is 5.93. The lowest BCUT2D eigenvalue weighted by Gasteiger charge is -2.15. The molecule has 1 aliphatic carbocycles. The maximum absolute atomic E-state index is 12.5. The van der Waals surface area contributed by atoms with Gasteiger partial charge in [0.05, 0.1) is 10.8 Å². The standard InChI is InChI=1S/C17H18Cl2N2O5/c1-17(2)11(8-13(18)19)14(17)15(22)20-12(16(23)24)7-9-3-5-10(6-4-9)21(25)26/h3-6,8,11-12,14H,7H2,1-2H3,(H,20,22)(H,23,24)/t11-,12-,14+/m0/s1. The zero-order valence-corrected chi connectivity index (χ0v) is 15.6. The van der Waals surface area contributed by atoms with E-state index in [-0.39, 0.29) is 33.8 Å². The highest BCUT2D eigenvalue weighted by molar-refractivity contribution is 6.55. The number of carboxylic acid groups (broad SMARTS) is 1. The fraction of sp³-hybridized carbons (Fsp3) is 0.412. The minimum atomic E-state index is -1.18. The summed E-state index contributed by atoms with van der Waals surface area (Å²) in [4.78, 5) is 34.1. The van der Waals surface area contributed by atoms with Crippen molar-refractivity contribution in [2.75, 3.05) is 0 Å². The van der Waals surface area contributed by atoms with E-state index in [2.05, 4.69) is 5.32 Å². The third-order valence-electron chi connectivity index (χ3n) is 4.70. The third-order valence-corrected chi connectivity index (χ3v) is 4.95. The number of allylic oxidation sites excluding steroid dienone is 1. The van der Waals surface area contributed by atoms with Crippen LogP contribution in [0.5, 0.6) is 0 Å². The Morgan fingerprint density at radius 2 is 1.92 bits per heavy atom. The van der Waals surface area contributed by atoms with Crippen LogP contribution in [0.1, 0.15) is 19.4 Å². The molecule has 0 saturated heterocycles. The van der Waals surface area contributed by atoms with Crippen molar-refractivity contribution in [2.24, 2.45) is 17.3 Å². The van der Waals surface area contributed by atoms with E-state index < -0.39 is 22.9 Å². The van der Waals surface area contributed by atoms with Gasteiger partial charge in [-0.05, 0) is 23.0 Å². The van der Waals surface area contributed by atoms with Crippen molar-refractivity contribution >= 4 is 40.8 Å². The molecule has 0 unspecified atom stereocenters. The van der Waals surface area contributed by atoms with Crippen molar-refractivity contribution in [3.63, 3.8) is 0 Å². The summed E-state index contributed by atoms with van der Waals surface area (Å²) in [6.07, 6.45) is 1.60. The molecule has 7 nitrogen and oxygen atoms in total. The smallest absolute Gasteiger partial charge is 0.326 e. The fourth-order valence-electron chi connectivity index (χ4n) is 3.08. The van der Waals surface area contributed by atoms with Gasteiger partial charge in [0, 0.05) is 18.6 Å². The average molecular weight is 401 g/mol. The number of nitrogens with zero attached hydrogens (tertiary/aromatic N) is 1. The van der Waals surface area contributed by atoms with Gasteiger partial charge in [0.1, 0.15) is 10.5 Å². The number of carbonyl (C=O) groups is 2. The summed E-state index contributed by atoms with van der Waals surface area (Å²) in [5.74, 6) is -2.16. The monoisotopic (exact) mass is 400 g/mol. The van der Waals surface area contributed by atoms with E-state index in [1.807, 2.05) is 13.8 Å². The Hall–Kier alpha value is -2.12. The number of non-ortho nitro benzene ring substituents is 1. The van der Waals surface area contributed by atoms with Crippen LogP contribution in [-0.4, -0.2) is 27.9 Å². The van der Waals surface area contributed by atoms with E-state index in [0.717, 1.165) is 0 Å². The Labute approximate surface area is 160 Å². The molecule has 1 aliphatic rings. The van der Waals surface area contributed by atoms with E-state index in [0.29, 0.717) is 5.56 Å². The lowest BCUT2D eigenvalue weighted by molar-refractivity contribution is -0.384. The van der Waals surface area contributed by atoms with Crippen LogP contribution >= 0.6 is 23.2 Å². The zero-order chi connectivity index (χ0) is 19.6. The summed E-state index contributed by atoms with van der Waals surface area (Å²) in [6.45, 7) is 3.75. The van der Waals surface area contributed by atoms with Crippen LogP contribution in [0.2, 0.25) is 0 Å². The van der Waals surface area contributed by atoms with E-state index in [4.69, 9.17) is 23.2 Å². The number of benzene rings is 1. The number of hydrogen-bond acceptors (Lipinski definition) is 4. The molecule has 26 heavy (non-hydrogen) atoms. The molecule has 1 aromatic carbocycles. The van der Waals surface area contributed by atoms with Gasteiger partial charge in [-0.25, -0.2) is 4.79 Å². The molecule has 2 rings (SSSR count). The molecule has 0 spiro atoms. The number of aliphatic carboxylic acids is 1. The molecule has 9 heteroatoms. The topological polar surface area (TPSA) is 110 Å². The van der Waals surface area contributed by atoms with Crippen molar-refractivity contribution in [1.82, 2.24) is 5.32 Å². The SMILES string of the molecule is CC1(C)[C@@H](C=C(Cl)Cl)[C@@H]1C(=O)N[C@@H](Cc1ccc([N+](=O)[O-])cc1)C(=O)O. The van der Waals surface area contributed by atoms with Crippen LogP contribution in [0.3, 0.4) is 0 Å². The van der Waals surface area contributed by atoms with Gasteiger partial charge in [-0.2, -0.15) is 0 Å². The number of hydrogen-bond donors (Lipinski definition) is 2. The Morgan fingerprint density at radius 3 is 2.38 bits per heavy atom. The summed E-state index contributed by atoms with van der Waals surface area (Å²) >= 11 is 11.3. The van der Waals surface area contributed by atoms with Gasteiger partial charge >= 0.3 is 5.97 Å². The molecule has 1 aromatic rings. The maximum Gasteiger partial charge on any atom is 0.326 e. The van der Waals surface area contributed by atoms with Gasteiger partial charge in [0.2, 0.25) is 5.91 Å². The summed E-state index contributed by atoms with van der Waals surface area (Å²) in [5, 5.41) is 22.6. The Balaban J connectivity index is 2.07. The molecule has 1 saturated carbocycles. The number of carboxylic acids is 1. The number of amides is 1. The number of nitro groups is 1. The van der Waals surface area contributed by atoms with E-state index in [1.54, 1.807) is 6.08 Å². The van der Waals surface area contributed by atoms with Crippen LogP contribution in [0.15, 0.2) is 34.8 Å². The van der Waals surface area contributed by atoms with E-state index in [9.17, 15) is 24.8 Å². The molecule has 1 amide bonds. The van der Waals surface area contributed by atoms with Crippen molar-refractivity contribution < 1.29 is 19.6 Å². The largest absolute Gasteiger partial charge is 0.480 e. The summed E-state index contributed by atoms with van der Waals surface area (Å²) in [7, 11) is 0. The number of rotatable bonds is 7. The van der Waals surface area contributed by atoms with E-state index >= 15 is 0 Å². The average Bonchev–Trinajstić information content (AvgIpc) is 3.06. The first-order valence-corrected chi connectivity index (χ1v) is 8.59. The van der Waals surface area contributed by atoms with Crippen LogP contribution in [0, 0.1) is 27.4 Å². The first-order valence-electron chi connectivity index (χ1n) is 7.83. The van der Waals surface area contributed by atoms with Crippen molar-refractivity contribution in [3.05, 3.63) is 50.5 Å². The highest BCUT2D eigenvalue weighted by atomic mass is 35.5. The third kappa shape index (κ3) is 4.53. The summed E-state index contributed by atoms with van der Waals surface area (Å²) < 4.78 is 0.0686. The first kappa shape index (κ1) is 20.2. The van der Waals surface area contributed by atoms with Gasteiger partial charge in [0.25, 0.3) is 5.69 Å². The van der Waals surface area contributed by atoms with Crippen LogP contribution in [0.4, 0.5) is 5.69 Å². The number of nitro benzene ring substituents is 1. The fourth-order valence-corrected chi connectivity index (χ4v) is 3.35. The first-order chi connectivity index (χ1) is 12.0. The molecule has 0 heterocycles. The second-order valence-electron chi connectivity index (χ2n) is 6.81. The predicted molar refractivity (Wildman–Crippen MR) is 96.9 cm³/mol. The highest BCUT2D eigenvalue weighted by Crippen LogP contribution is 2.59. The number of halogens is 2. The summed E-state index contributed by atoms with van der Waals surface area (Å²) in [6, 6.07) is 4.39. The molecular weight excluding hydrogens is 383 g/mol. The molecule has 0 aromatic heterocycles. The van der Waals surface area contributed by atoms with Crippen LogP contribution in [-0.2, 0) is 16.0 Å².